The molecule has 0 saturated carbocycles. The van der Waals surface area contributed by atoms with Crippen LogP contribution in [0.4, 0.5) is 0 Å². The third-order valence-corrected chi connectivity index (χ3v) is 1.52. The second-order valence-electron chi connectivity index (χ2n) is 3.09. The van der Waals surface area contributed by atoms with Crippen LogP contribution < -0.4 is 11.1 Å². The topological polar surface area (TPSA) is 58.4 Å². The lowest BCUT2D eigenvalue weighted by atomic mass is 10.3. The Morgan fingerprint density at radius 2 is 2.23 bits per heavy atom. The number of hydrogen-bond acceptors (Lipinski definition) is 3. The van der Waals surface area contributed by atoms with Crippen LogP contribution in [0.5, 0.6) is 0 Å². The molecule has 0 saturated heterocycles. The largest absolute Gasteiger partial charge is 0.340 e. The zero-order valence-corrected chi connectivity index (χ0v) is 8.42. The van der Waals surface area contributed by atoms with Crippen LogP contribution in [0.3, 0.4) is 0 Å². The summed E-state index contributed by atoms with van der Waals surface area (Å²) < 4.78 is 0. The smallest absolute Gasteiger partial charge is 0.244 e. The predicted molar refractivity (Wildman–Crippen MR) is 54.1 cm³/mol. The molecule has 0 aliphatic heterocycles. The molecule has 76 valence electrons. The van der Waals surface area contributed by atoms with Crippen molar-refractivity contribution < 1.29 is 4.79 Å². The molecule has 13 heavy (non-hydrogen) atoms. The highest BCUT2D eigenvalue weighted by Gasteiger charge is 1.90. The average Bonchev–Trinajstić information content (AvgIpc) is 2.03. The first-order valence-electron chi connectivity index (χ1n) is 4.46. The molecule has 4 heteroatoms. The lowest BCUT2D eigenvalue weighted by molar-refractivity contribution is -0.116. The number of nitrogens with zero attached hydrogens (tertiary/aromatic N) is 1. The Balaban J connectivity index is 3.35. The van der Waals surface area contributed by atoms with Crippen LogP contribution in [0.2, 0.25) is 0 Å². The van der Waals surface area contributed by atoms with Crippen molar-refractivity contribution in [2.24, 2.45) is 5.73 Å². The molecule has 0 unspecified atom stereocenters. The highest BCUT2D eigenvalue weighted by molar-refractivity contribution is 5.87. The molecule has 0 aliphatic rings. The third kappa shape index (κ3) is 9.04. The Kier molecular flexibility index (Phi) is 7.24. The van der Waals surface area contributed by atoms with Gasteiger partial charge in [0.25, 0.3) is 0 Å². The minimum absolute atomic E-state index is 0.118. The van der Waals surface area contributed by atoms with Gasteiger partial charge < -0.3 is 16.0 Å². The number of unbranched alkanes of at least 4 members (excludes halogenated alkanes) is 1. The SMILES string of the molecule is CN(C)CCCC=CC(=O)NCN. The van der Waals surface area contributed by atoms with E-state index in [0.29, 0.717) is 0 Å². The molecule has 0 bridgehead atoms. The molecule has 0 atom stereocenters. The van der Waals surface area contributed by atoms with Crippen molar-refractivity contribution in [3.05, 3.63) is 12.2 Å². The molecule has 0 radical (unpaired) electrons. The van der Waals surface area contributed by atoms with Gasteiger partial charge in [-0.2, -0.15) is 0 Å². The van der Waals surface area contributed by atoms with Crippen LogP contribution in [0.1, 0.15) is 12.8 Å². The fourth-order valence-electron chi connectivity index (χ4n) is 0.875. The summed E-state index contributed by atoms with van der Waals surface area (Å²) in [6.07, 6.45) is 5.40. The van der Waals surface area contributed by atoms with Crippen molar-refractivity contribution in [2.45, 2.75) is 12.8 Å². The second-order valence-corrected chi connectivity index (χ2v) is 3.09. The standard InChI is InChI=1S/C9H19N3O/c1-12(2)7-5-3-4-6-9(13)11-8-10/h4,6H,3,5,7-8,10H2,1-2H3,(H,11,13). The minimum Gasteiger partial charge on any atom is -0.340 e. The van der Waals surface area contributed by atoms with Crippen LogP contribution in [0.25, 0.3) is 0 Å². The summed E-state index contributed by atoms with van der Waals surface area (Å²) in [5.41, 5.74) is 5.13. The van der Waals surface area contributed by atoms with Crippen LogP contribution in [0.15, 0.2) is 12.2 Å². The zero-order valence-electron chi connectivity index (χ0n) is 8.42. The Bertz CT molecular complexity index is 166. The molecule has 3 N–H and O–H groups in total. The van der Waals surface area contributed by atoms with Crippen LogP contribution in [-0.2, 0) is 4.79 Å². The molecule has 0 spiro atoms. The van der Waals surface area contributed by atoms with Crippen molar-refractivity contribution in [3.63, 3.8) is 0 Å². The van der Waals surface area contributed by atoms with Crippen molar-refractivity contribution >= 4 is 5.91 Å². The van der Waals surface area contributed by atoms with E-state index in [1.165, 1.54) is 6.08 Å². The number of nitrogens with two attached hydrogens (primary N) is 1. The first-order chi connectivity index (χ1) is 6.16. The molecule has 0 aromatic heterocycles. The van der Waals surface area contributed by atoms with Crippen LogP contribution >= 0.6 is 0 Å². The maximum Gasteiger partial charge on any atom is 0.244 e. The lowest BCUT2D eigenvalue weighted by Crippen LogP contribution is -2.27. The second kappa shape index (κ2) is 7.76. The van der Waals surface area contributed by atoms with E-state index in [9.17, 15) is 4.79 Å². The molecular formula is C9H19N3O. The van der Waals surface area contributed by atoms with E-state index in [-0.39, 0.29) is 12.6 Å². The van der Waals surface area contributed by atoms with Crippen molar-refractivity contribution in [3.8, 4) is 0 Å². The number of carbonyl (C=O) groups is 1. The first kappa shape index (κ1) is 12.1. The predicted octanol–water partition coefficient (Wildman–Crippen LogP) is -0.0832. The van der Waals surface area contributed by atoms with Gasteiger partial charge in [0, 0.05) is 0 Å². The average molecular weight is 185 g/mol. The van der Waals surface area contributed by atoms with Crippen molar-refractivity contribution in [2.75, 3.05) is 27.3 Å². The van der Waals surface area contributed by atoms with Gasteiger partial charge in [-0.15, -0.1) is 0 Å². The molecule has 0 aromatic carbocycles. The fraction of sp³-hybridized carbons (Fsp3) is 0.667. The minimum atomic E-state index is -0.118. The van der Waals surface area contributed by atoms with E-state index >= 15 is 0 Å². The number of carbonyl (C=O) groups excluding carboxylic acids is 1. The van der Waals surface area contributed by atoms with Crippen molar-refractivity contribution in [1.29, 1.82) is 0 Å². The van der Waals surface area contributed by atoms with E-state index < -0.39 is 0 Å². The van der Waals surface area contributed by atoms with Gasteiger partial charge >= 0.3 is 0 Å². The summed E-state index contributed by atoms with van der Waals surface area (Å²) in [6.45, 7) is 1.24. The summed E-state index contributed by atoms with van der Waals surface area (Å²) in [4.78, 5) is 13.0. The van der Waals surface area contributed by atoms with E-state index in [2.05, 4.69) is 10.2 Å². The van der Waals surface area contributed by atoms with E-state index in [0.717, 1.165) is 19.4 Å². The summed E-state index contributed by atoms with van der Waals surface area (Å²) in [6, 6.07) is 0. The van der Waals surface area contributed by atoms with E-state index in [4.69, 9.17) is 5.73 Å². The Labute approximate surface area is 79.8 Å². The number of hydrogen-bond donors (Lipinski definition) is 2. The highest BCUT2D eigenvalue weighted by Crippen LogP contribution is 1.91. The van der Waals surface area contributed by atoms with Crippen molar-refractivity contribution in [1.82, 2.24) is 10.2 Å². The van der Waals surface area contributed by atoms with Gasteiger partial charge in [-0.1, -0.05) is 6.08 Å². The van der Waals surface area contributed by atoms with Gasteiger partial charge in [-0.05, 0) is 39.6 Å². The third-order valence-electron chi connectivity index (χ3n) is 1.52. The van der Waals surface area contributed by atoms with Crippen LogP contribution in [-0.4, -0.2) is 38.1 Å². The molecule has 0 aromatic rings. The molecule has 0 heterocycles. The van der Waals surface area contributed by atoms with Gasteiger partial charge in [0.2, 0.25) is 5.91 Å². The van der Waals surface area contributed by atoms with Gasteiger partial charge in [0.15, 0.2) is 0 Å². The number of nitrogens with one attached hydrogen (secondary N) is 1. The maximum absolute atomic E-state index is 10.9. The number of allylic oxidation sites excluding steroid dienone is 1. The first-order valence-corrected chi connectivity index (χ1v) is 4.46. The number of rotatable bonds is 6. The zero-order chi connectivity index (χ0) is 10.1. The van der Waals surface area contributed by atoms with Gasteiger partial charge in [0.05, 0.1) is 6.67 Å². The molecule has 4 nitrogen and oxygen atoms in total. The Morgan fingerprint density at radius 3 is 2.77 bits per heavy atom. The Morgan fingerprint density at radius 1 is 1.54 bits per heavy atom. The summed E-state index contributed by atoms with van der Waals surface area (Å²) in [7, 11) is 4.07. The molecule has 1 amide bonds. The van der Waals surface area contributed by atoms with E-state index in [1.54, 1.807) is 0 Å². The van der Waals surface area contributed by atoms with Gasteiger partial charge in [-0.3, -0.25) is 4.79 Å². The molecular weight excluding hydrogens is 166 g/mol. The Hall–Kier alpha value is -0.870. The molecule has 0 rings (SSSR count). The highest BCUT2D eigenvalue weighted by atomic mass is 16.1. The molecule has 0 aliphatic carbocycles. The maximum atomic E-state index is 10.9. The monoisotopic (exact) mass is 185 g/mol. The van der Waals surface area contributed by atoms with Gasteiger partial charge in [0.1, 0.15) is 0 Å². The summed E-state index contributed by atoms with van der Waals surface area (Å²) >= 11 is 0. The summed E-state index contributed by atoms with van der Waals surface area (Å²) in [5, 5.41) is 2.49. The van der Waals surface area contributed by atoms with Crippen LogP contribution in [0, 0.1) is 0 Å². The fourth-order valence-corrected chi connectivity index (χ4v) is 0.875. The van der Waals surface area contributed by atoms with E-state index in [1.807, 2.05) is 20.2 Å². The normalized spacial score (nSPS) is 11.1. The number of amides is 1. The molecule has 0 fully saturated rings. The van der Waals surface area contributed by atoms with Gasteiger partial charge in [-0.25, -0.2) is 0 Å². The quantitative estimate of drug-likeness (QED) is 0.345. The summed E-state index contributed by atoms with van der Waals surface area (Å²) in [5.74, 6) is -0.118. The lowest BCUT2D eigenvalue weighted by Gasteiger charge is -2.06.